The fraction of sp³-hybridized carbons (Fsp3) is 0.588. The van der Waals surface area contributed by atoms with Crippen LogP contribution in [0.4, 0.5) is 0 Å². The third-order valence-electron chi connectivity index (χ3n) is 4.11. The fourth-order valence-corrected chi connectivity index (χ4v) is 2.83. The lowest BCUT2D eigenvalue weighted by molar-refractivity contribution is 0.0760. The number of hydrogen-bond donors (Lipinski definition) is 1. The molecule has 1 aliphatic heterocycles. The second kappa shape index (κ2) is 7.57. The lowest BCUT2D eigenvalue weighted by Crippen LogP contribution is -2.37. The topological polar surface area (TPSA) is 49.6 Å². The molecule has 0 radical (unpaired) electrons. The van der Waals surface area contributed by atoms with E-state index in [1.807, 2.05) is 36.1 Å². The first-order chi connectivity index (χ1) is 10.1. The highest BCUT2D eigenvalue weighted by Crippen LogP contribution is 2.11. The zero-order valence-electron chi connectivity index (χ0n) is 13.2. The van der Waals surface area contributed by atoms with Gasteiger partial charge in [0.25, 0.3) is 5.91 Å². The number of rotatable bonds is 4. The first kappa shape index (κ1) is 16.0. The molecule has 4 heteroatoms. The minimum Gasteiger partial charge on any atom is -0.337 e. The summed E-state index contributed by atoms with van der Waals surface area (Å²) in [5.74, 6) is 0.677. The van der Waals surface area contributed by atoms with Gasteiger partial charge in [-0.15, -0.1) is 0 Å². The van der Waals surface area contributed by atoms with E-state index in [-0.39, 0.29) is 5.91 Å². The summed E-state index contributed by atoms with van der Waals surface area (Å²) >= 11 is 0. The molecule has 0 aromatic heterocycles. The van der Waals surface area contributed by atoms with Crippen LogP contribution < -0.4 is 5.73 Å². The minimum atomic E-state index is 0.160. The van der Waals surface area contributed by atoms with Crippen molar-refractivity contribution in [1.82, 2.24) is 9.80 Å². The Kier molecular flexibility index (Phi) is 5.76. The number of benzene rings is 1. The molecule has 0 bridgehead atoms. The summed E-state index contributed by atoms with van der Waals surface area (Å²) < 4.78 is 0. The molecule has 1 atom stereocenters. The van der Waals surface area contributed by atoms with Crippen molar-refractivity contribution in [3.8, 4) is 0 Å². The molecule has 4 nitrogen and oxygen atoms in total. The maximum Gasteiger partial charge on any atom is 0.253 e. The molecule has 1 aromatic carbocycles. The maximum absolute atomic E-state index is 12.6. The Balaban J connectivity index is 1.95. The van der Waals surface area contributed by atoms with Crippen molar-refractivity contribution in [2.45, 2.75) is 20.3 Å². The van der Waals surface area contributed by atoms with Crippen LogP contribution in [0.2, 0.25) is 0 Å². The fourth-order valence-electron chi connectivity index (χ4n) is 2.83. The van der Waals surface area contributed by atoms with Gasteiger partial charge >= 0.3 is 0 Å². The molecule has 21 heavy (non-hydrogen) atoms. The van der Waals surface area contributed by atoms with Gasteiger partial charge in [-0.3, -0.25) is 4.79 Å². The van der Waals surface area contributed by atoms with Crippen LogP contribution in [-0.2, 0) is 0 Å². The van der Waals surface area contributed by atoms with Crippen LogP contribution in [0, 0.1) is 12.8 Å². The molecule has 0 saturated carbocycles. The molecule has 1 fully saturated rings. The van der Waals surface area contributed by atoms with Gasteiger partial charge in [0.15, 0.2) is 0 Å². The van der Waals surface area contributed by atoms with Gasteiger partial charge < -0.3 is 15.5 Å². The zero-order chi connectivity index (χ0) is 15.2. The number of hydrogen-bond acceptors (Lipinski definition) is 3. The largest absolute Gasteiger partial charge is 0.337 e. The van der Waals surface area contributed by atoms with Crippen LogP contribution in [0.5, 0.6) is 0 Å². The molecular formula is C17H27N3O. The first-order valence-electron chi connectivity index (χ1n) is 7.88. The van der Waals surface area contributed by atoms with Crippen molar-refractivity contribution in [3.05, 3.63) is 35.4 Å². The third kappa shape index (κ3) is 4.55. The molecule has 1 aliphatic rings. The van der Waals surface area contributed by atoms with Gasteiger partial charge in [-0.2, -0.15) is 0 Å². The monoisotopic (exact) mass is 289 g/mol. The summed E-state index contributed by atoms with van der Waals surface area (Å²) in [6.07, 6.45) is 1.04. The average molecular weight is 289 g/mol. The van der Waals surface area contributed by atoms with Crippen molar-refractivity contribution < 1.29 is 4.79 Å². The van der Waals surface area contributed by atoms with E-state index in [1.165, 1.54) is 0 Å². The van der Waals surface area contributed by atoms with E-state index in [0.717, 1.165) is 56.8 Å². The molecule has 2 rings (SSSR count). The predicted octanol–water partition coefficient (Wildman–Crippen LogP) is 1.74. The highest BCUT2D eigenvalue weighted by molar-refractivity contribution is 5.94. The second-order valence-corrected chi connectivity index (χ2v) is 6.16. The highest BCUT2D eigenvalue weighted by atomic mass is 16.2. The zero-order valence-corrected chi connectivity index (χ0v) is 13.2. The third-order valence-corrected chi connectivity index (χ3v) is 4.11. The Hall–Kier alpha value is -1.39. The van der Waals surface area contributed by atoms with E-state index in [0.29, 0.717) is 5.92 Å². The van der Waals surface area contributed by atoms with Crippen LogP contribution in [0.25, 0.3) is 0 Å². The van der Waals surface area contributed by atoms with E-state index in [1.54, 1.807) is 0 Å². The van der Waals surface area contributed by atoms with Crippen molar-refractivity contribution in [1.29, 1.82) is 0 Å². The number of amides is 1. The smallest absolute Gasteiger partial charge is 0.253 e. The Labute approximate surface area is 127 Å². The molecule has 2 N–H and O–H groups in total. The van der Waals surface area contributed by atoms with Crippen molar-refractivity contribution in [3.63, 3.8) is 0 Å². The molecule has 116 valence electrons. The van der Waals surface area contributed by atoms with E-state index < -0.39 is 0 Å². The van der Waals surface area contributed by atoms with Crippen LogP contribution in [0.1, 0.15) is 29.3 Å². The molecular weight excluding hydrogens is 262 g/mol. The van der Waals surface area contributed by atoms with Crippen LogP contribution in [-0.4, -0.2) is 55.0 Å². The molecule has 0 spiro atoms. The lowest BCUT2D eigenvalue weighted by atomic mass is 10.1. The molecule has 1 unspecified atom stereocenters. The quantitative estimate of drug-likeness (QED) is 0.918. The van der Waals surface area contributed by atoms with Crippen molar-refractivity contribution >= 4 is 5.91 Å². The van der Waals surface area contributed by atoms with Crippen LogP contribution in [0.15, 0.2) is 24.3 Å². The van der Waals surface area contributed by atoms with Crippen molar-refractivity contribution in [2.24, 2.45) is 11.7 Å². The van der Waals surface area contributed by atoms with Crippen LogP contribution >= 0.6 is 0 Å². The highest BCUT2D eigenvalue weighted by Gasteiger charge is 2.20. The second-order valence-electron chi connectivity index (χ2n) is 6.16. The summed E-state index contributed by atoms with van der Waals surface area (Å²) in [6.45, 7) is 9.62. The standard InChI is InChI=1S/C17H27N3O/c1-14-5-3-6-16(11-14)17(21)20-8-4-7-19(9-10-20)13-15(2)12-18/h3,5-6,11,15H,4,7-10,12-13,18H2,1-2H3. The molecule has 1 aromatic rings. The van der Waals surface area contributed by atoms with Gasteiger partial charge in [0.2, 0.25) is 0 Å². The molecule has 1 saturated heterocycles. The molecule has 1 heterocycles. The predicted molar refractivity (Wildman–Crippen MR) is 86.4 cm³/mol. The van der Waals surface area contributed by atoms with Gasteiger partial charge in [0.1, 0.15) is 0 Å². The van der Waals surface area contributed by atoms with E-state index in [4.69, 9.17) is 5.73 Å². The average Bonchev–Trinajstić information content (AvgIpc) is 2.72. The van der Waals surface area contributed by atoms with E-state index in [9.17, 15) is 4.79 Å². The minimum absolute atomic E-state index is 0.160. The Morgan fingerprint density at radius 3 is 2.81 bits per heavy atom. The summed E-state index contributed by atoms with van der Waals surface area (Å²) in [5.41, 5.74) is 7.64. The van der Waals surface area contributed by atoms with Gasteiger partial charge in [-0.1, -0.05) is 24.6 Å². The number of nitrogens with zero attached hydrogens (tertiary/aromatic N) is 2. The Morgan fingerprint density at radius 2 is 2.10 bits per heavy atom. The van der Waals surface area contributed by atoms with Gasteiger partial charge in [0.05, 0.1) is 0 Å². The van der Waals surface area contributed by atoms with E-state index >= 15 is 0 Å². The summed E-state index contributed by atoms with van der Waals surface area (Å²) in [4.78, 5) is 17.0. The Bertz CT molecular complexity index is 475. The number of carbonyl (C=O) groups excluding carboxylic acids is 1. The molecule has 0 aliphatic carbocycles. The van der Waals surface area contributed by atoms with Gasteiger partial charge in [0, 0.05) is 31.7 Å². The number of aryl methyl sites for hydroxylation is 1. The lowest BCUT2D eigenvalue weighted by Gasteiger charge is -2.24. The first-order valence-corrected chi connectivity index (χ1v) is 7.88. The molecule has 1 amide bonds. The maximum atomic E-state index is 12.6. The Morgan fingerprint density at radius 1 is 1.29 bits per heavy atom. The van der Waals surface area contributed by atoms with Crippen molar-refractivity contribution in [2.75, 3.05) is 39.3 Å². The SMILES string of the molecule is Cc1cccc(C(=O)N2CCCN(CC(C)CN)CC2)c1. The van der Waals surface area contributed by atoms with Gasteiger partial charge in [-0.25, -0.2) is 0 Å². The normalized spacial score (nSPS) is 18.3. The summed E-state index contributed by atoms with van der Waals surface area (Å²) in [7, 11) is 0. The van der Waals surface area contributed by atoms with E-state index in [2.05, 4.69) is 11.8 Å². The van der Waals surface area contributed by atoms with Gasteiger partial charge in [-0.05, 0) is 44.5 Å². The number of carbonyl (C=O) groups is 1. The number of nitrogens with two attached hydrogens (primary N) is 1. The summed E-state index contributed by atoms with van der Waals surface area (Å²) in [5, 5.41) is 0. The van der Waals surface area contributed by atoms with Crippen LogP contribution in [0.3, 0.4) is 0 Å². The summed E-state index contributed by atoms with van der Waals surface area (Å²) in [6, 6.07) is 7.86.